The molecule has 176 valence electrons. The summed E-state index contributed by atoms with van der Waals surface area (Å²) < 4.78 is 28.6. The molecule has 3 aromatic carbocycles. The number of anilines is 1. The Bertz CT molecular complexity index is 1320. The van der Waals surface area contributed by atoms with E-state index < -0.39 is 10.0 Å². The normalized spacial score (nSPS) is 20.1. The second-order valence-electron chi connectivity index (χ2n) is 9.30. The van der Waals surface area contributed by atoms with Crippen LogP contribution >= 0.6 is 0 Å². The van der Waals surface area contributed by atoms with Crippen LogP contribution in [0.1, 0.15) is 39.4 Å². The van der Waals surface area contributed by atoms with E-state index >= 15 is 0 Å². The third kappa shape index (κ3) is 4.27. The quantitative estimate of drug-likeness (QED) is 0.607. The summed E-state index contributed by atoms with van der Waals surface area (Å²) in [5, 5.41) is 0. The molecule has 0 saturated carbocycles. The third-order valence-corrected chi connectivity index (χ3v) is 8.27. The van der Waals surface area contributed by atoms with Gasteiger partial charge in [-0.3, -0.25) is 4.79 Å². The lowest BCUT2D eigenvalue weighted by molar-refractivity contribution is 0.0964. The molecule has 0 radical (unpaired) electrons. The lowest BCUT2D eigenvalue weighted by atomic mass is 9.88. The Labute approximate surface area is 201 Å². The van der Waals surface area contributed by atoms with Crippen molar-refractivity contribution in [1.29, 1.82) is 0 Å². The average Bonchev–Trinajstić information content (AvgIpc) is 3.16. The largest absolute Gasteiger partial charge is 0.306 e. The number of hydrogen-bond donors (Lipinski definition) is 1. The number of aryl methyl sites for hydroxylation is 1. The van der Waals surface area contributed by atoms with Gasteiger partial charge in [-0.1, -0.05) is 54.1 Å². The second-order valence-corrected chi connectivity index (χ2v) is 11.1. The van der Waals surface area contributed by atoms with E-state index in [2.05, 4.69) is 29.7 Å². The number of rotatable bonds is 5. The number of carbonyl (C=O) groups excluding carboxylic acids is 1. The number of fused-ring (bicyclic) bond motifs is 3. The second kappa shape index (κ2) is 8.98. The Morgan fingerprint density at radius 3 is 2.62 bits per heavy atom. The van der Waals surface area contributed by atoms with Crippen LogP contribution in [0.15, 0.2) is 77.7 Å². The summed E-state index contributed by atoms with van der Waals surface area (Å²) in [4.78, 5) is 18.1. The van der Waals surface area contributed by atoms with Crippen molar-refractivity contribution in [2.45, 2.75) is 36.7 Å². The number of benzene rings is 3. The van der Waals surface area contributed by atoms with Crippen LogP contribution in [0.4, 0.5) is 5.69 Å². The van der Waals surface area contributed by atoms with Crippen LogP contribution in [-0.4, -0.2) is 45.4 Å². The first-order chi connectivity index (χ1) is 16.3. The predicted molar refractivity (Wildman–Crippen MR) is 134 cm³/mol. The first-order valence-electron chi connectivity index (χ1n) is 11.6. The topological polar surface area (TPSA) is 69.7 Å². The van der Waals surface area contributed by atoms with E-state index in [0.29, 0.717) is 5.56 Å². The van der Waals surface area contributed by atoms with Gasteiger partial charge in [0, 0.05) is 36.3 Å². The number of nitrogens with one attached hydrogen (secondary N) is 1. The molecule has 2 heterocycles. The number of likely N-dealkylation sites (N-methyl/N-ethyl adjacent to an activating group) is 1. The standard InChI is InChI=1S/C27H29N3O3S/c1-19-11-12-25-23(15-19)24-18-29(2)14-13-26(24)30(25)27(31)21-9-6-10-22(16-21)34(32,33)28-17-20-7-4-3-5-8-20/h3-12,15-16,24,26,28H,13-14,17-18H2,1-2H3/t24-,26+/m0/s1. The zero-order chi connectivity index (χ0) is 23.9. The highest BCUT2D eigenvalue weighted by Gasteiger charge is 2.44. The first kappa shape index (κ1) is 22.8. The highest BCUT2D eigenvalue weighted by atomic mass is 32.2. The van der Waals surface area contributed by atoms with Crippen molar-refractivity contribution in [3.8, 4) is 0 Å². The Kier molecular flexibility index (Phi) is 6.02. The summed E-state index contributed by atoms with van der Waals surface area (Å²) in [6, 6.07) is 22.1. The van der Waals surface area contributed by atoms with Crippen molar-refractivity contribution in [3.05, 3.63) is 95.1 Å². The predicted octanol–water partition coefficient (Wildman–Crippen LogP) is 3.92. The Morgan fingerprint density at radius 2 is 1.82 bits per heavy atom. The molecule has 0 bridgehead atoms. The molecule has 1 saturated heterocycles. The molecule has 0 aliphatic carbocycles. The maximum Gasteiger partial charge on any atom is 0.258 e. The molecule has 2 aliphatic rings. The molecule has 6 nitrogen and oxygen atoms in total. The van der Waals surface area contributed by atoms with Gasteiger partial charge in [0.15, 0.2) is 0 Å². The smallest absolute Gasteiger partial charge is 0.258 e. The first-order valence-corrected chi connectivity index (χ1v) is 13.1. The lowest BCUT2D eigenvalue weighted by Crippen LogP contribution is -2.47. The summed E-state index contributed by atoms with van der Waals surface area (Å²) >= 11 is 0. The summed E-state index contributed by atoms with van der Waals surface area (Å²) in [5.74, 6) is 0.110. The van der Waals surface area contributed by atoms with E-state index in [1.165, 1.54) is 23.3 Å². The summed E-state index contributed by atoms with van der Waals surface area (Å²) in [7, 11) is -1.64. The minimum atomic E-state index is -3.76. The minimum absolute atomic E-state index is 0.0805. The van der Waals surface area contributed by atoms with Crippen molar-refractivity contribution < 1.29 is 13.2 Å². The molecule has 0 aromatic heterocycles. The number of amides is 1. The summed E-state index contributed by atoms with van der Waals surface area (Å²) in [5.41, 5.74) is 4.58. The molecule has 1 amide bonds. The molecule has 3 aromatic rings. The fourth-order valence-corrected chi connectivity index (χ4v) is 6.20. The SMILES string of the molecule is Cc1ccc2c(c1)[C@@H]1CN(C)CC[C@H]1N2C(=O)c1cccc(S(=O)(=O)NCc2ccccc2)c1. The molecule has 0 unspecified atom stereocenters. The van der Waals surface area contributed by atoms with Crippen LogP contribution in [0.2, 0.25) is 0 Å². The number of piperidine rings is 1. The number of carbonyl (C=O) groups is 1. The van der Waals surface area contributed by atoms with Crippen LogP contribution in [-0.2, 0) is 16.6 Å². The average molecular weight is 476 g/mol. The van der Waals surface area contributed by atoms with Crippen LogP contribution in [0.25, 0.3) is 0 Å². The maximum absolute atomic E-state index is 13.8. The van der Waals surface area contributed by atoms with Crippen molar-refractivity contribution in [3.63, 3.8) is 0 Å². The Balaban J connectivity index is 1.44. The number of likely N-dealkylation sites (tertiary alicyclic amines) is 1. The van der Waals surface area contributed by atoms with Crippen LogP contribution in [0, 0.1) is 6.92 Å². The van der Waals surface area contributed by atoms with Gasteiger partial charge in [-0.2, -0.15) is 0 Å². The molecule has 1 fully saturated rings. The van der Waals surface area contributed by atoms with E-state index in [9.17, 15) is 13.2 Å². The van der Waals surface area contributed by atoms with Gasteiger partial charge in [-0.25, -0.2) is 13.1 Å². The van der Waals surface area contributed by atoms with E-state index in [1.807, 2.05) is 47.4 Å². The molecule has 2 atom stereocenters. The zero-order valence-electron chi connectivity index (χ0n) is 19.4. The molecule has 34 heavy (non-hydrogen) atoms. The number of nitrogens with zero attached hydrogens (tertiary/aromatic N) is 2. The van der Waals surface area contributed by atoms with Gasteiger partial charge in [-0.05, 0) is 62.3 Å². The van der Waals surface area contributed by atoms with Gasteiger partial charge < -0.3 is 9.80 Å². The van der Waals surface area contributed by atoms with Gasteiger partial charge in [-0.15, -0.1) is 0 Å². The van der Waals surface area contributed by atoms with Gasteiger partial charge in [0.05, 0.1) is 4.90 Å². The van der Waals surface area contributed by atoms with E-state index in [1.54, 1.807) is 12.1 Å². The maximum atomic E-state index is 13.8. The van der Waals surface area contributed by atoms with Crippen molar-refractivity contribution >= 4 is 21.6 Å². The third-order valence-electron chi connectivity index (χ3n) is 6.87. The highest BCUT2D eigenvalue weighted by Crippen LogP contribution is 2.45. The van der Waals surface area contributed by atoms with E-state index in [0.717, 1.165) is 30.8 Å². The van der Waals surface area contributed by atoms with Gasteiger partial charge in [0.25, 0.3) is 5.91 Å². The Morgan fingerprint density at radius 1 is 1.03 bits per heavy atom. The van der Waals surface area contributed by atoms with Gasteiger partial charge >= 0.3 is 0 Å². The molecular formula is C27H29N3O3S. The summed E-state index contributed by atoms with van der Waals surface area (Å²) in [6.07, 6.45) is 0.886. The molecule has 2 aliphatic heterocycles. The zero-order valence-corrected chi connectivity index (χ0v) is 20.3. The van der Waals surface area contributed by atoms with Crippen molar-refractivity contribution in [2.75, 3.05) is 25.0 Å². The molecule has 1 N–H and O–H groups in total. The van der Waals surface area contributed by atoms with E-state index in [-0.39, 0.29) is 29.3 Å². The Hall–Kier alpha value is -3.00. The highest BCUT2D eigenvalue weighted by molar-refractivity contribution is 7.89. The van der Waals surface area contributed by atoms with Crippen molar-refractivity contribution in [1.82, 2.24) is 9.62 Å². The van der Waals surface area contributed by atoms with Gasteiger partial charge in [0.1, 0.15) is 0 Å². The van der Waals surface area contributed by atoms with Crippen LogP contribution < -0.4 is 9.62 Å². The molecule has 0 spiro atoms. The minimum Gasteiger partial charge on any atom is -0.306 e. The number of hydrogen-bond acceptors (Lipinski definition) is 4. The van der Waals surface area contributed by atoms with Crippen LogP contribution in [0.5, 0.6) is 0 Å². The monoisotopic (exact) mass is 475 g/mol. The van der Waals surface area contributed by atoms with Crippen LogP contribution in [0.3, 0.4) is 0 Å². The number of sulfonamides is 1. The molecular weight excluding hydrogens is 446 g/mol. The molecule has 5 rings (SSSR count). The summed E-state index contributed by atoms with van der Waals surface area (Å²) in [6.45, 7) is 4.10. The fraction of sp³-hybridized carbons (Fsp3) is 0.296. The fourth-order valence-electron chi connectivity index (χ4n) is 5.14. The van der Waals surface area contributed by atoms with Gasteiger partial charge in [0.2, 0.25) is 10.0 Å². The molecule has 7 heteroatoms. The van der Waals surface area contributed by atoms with E-state index in [4.69, 9.17) is 0 Å². The van der Waals surface area contributed by atoms with Crippen molar-refractivity contribution in [2.24, 2.45) is 0 Å². The lowest BCUT2D eigenvalue weighted by Gasteiger charge is -2.36.